The number of halogens is 1. The van der Waals surface area contributed by atoms with E-state index in [0.717, 1.165) is 12.8 Å². The average molecular weight is 178 g/mol. The quantitative estimate of drug-likeness (QED) is 0.620. The van der Waals surface area contributed by atoms with Crippen LogP contribution in [0.25, 0.3) is 0 Å². The fraction of sp³-hybridized carbons (Fsp3) is 0.833. The Morgan fingerprint density at radius 1 is 1.73 bits per heavy atom. The van der Waals surface area contributed by atoms with Gasteiger partial charge in [0.1, 0.15) is 0 Å². The van der Waals surface area contributed by atoms with Crippen LogP contribution in [0.4, 0.5) is 0 Å². The van der Waals surface area contributed by atoms with Gasteiger partial charge in [0.15, 0.2) is 0 Å². The number of rotatable bonds is 4. The summed E-state index contributed by atoms with van der Waals surface area (Å²) < 4.78 is 0. The second-order valence-corrected chi connectivity index (χ2v) is 2.70. The Labute approximate surface area is 71.4 Å². The van der Waals surface area contributed by atoms with E-state index in [-0.39, 0.29) is 30.8 Å². The third-order valence-corrected chi connectivity index (χ3v) is 1.74. The summed E-state index contributed by atoms with van der Waals surface area (Å²) in [4.78, 5) is 10.4. The monoisotopic (exact) mass is 177 g/mol. The van der Waals surface area contributed by atoms with E-state index < -0.39 is 0 Å². The zero-order chi connectivity index (χ0) is 7.56. The minimum Gasteiger partial charge on any atom is -0.370 e. The molecule has 11 heavy (non-hydrogen) atoms. The second kappa shape index (κ2) is 4.28. The fourth-order valence-corrected chi connectivity index (χ4v) is 1.00. The molecule has 1 fully saturated rings. The highest BCUT2D eigenvalue weighted by atomic mass is 35.5. The lowest BCUT2D eigenvalue weighted by Crippen LogP contribution is -2.19. The van der Waals surface area contributed by atoms with Crippen molar-refractivity contribution in [3.63, 3.8) is 0 Å². The van der Waals surface area contributed by atoms with Crippen LogP contribution < -0.4 is 5.73 Å². The third-order valence-electron chi connectivity index (χ3n) is 1.74. The largest absolute Gasteiger partial charge is 0.370 e. The maximum Gasteiger partial charge on any atom is 0.219 e. The van der Waals surface area contributed by atoms with Crippen LogP contribution >= 0.6 is 12.4 Å². The van der Waals surface area contributed by atoms with Gasteiger partial charge in [-0.05, 0) is 18.8 Å². The molecule has 1 unspecified atom stereocenters. The molecule has 5 heteroatoms. The summed E-state index contributed by atoms with van der Waals surface area (Å²) in [5.41, 5.74) is 11.7. The number of carbonyl (C=O) groups is 1. The van der Waals surface area contributed by atoms with Gasteiger partial charge in [0.05, 0.1) is 12.5 Å². The summed E-state index contributed by atoms with van der Waals surface area (Å²) in [6.45, 7) is 0. The molecule has 0 radical (unpaired) electrons. The van der Waals surface area contributed by atoms with Gasteiger partial charge < -0.3 is 5.73 Å². The first-order valence-electron chi connectivity index (χ1n) is 3.39. The van der Waals surface area contributed by atoms with Gasteiger partial charge in [-0.3, -0.25) is 4.79 Å². The lowest BCUT2D eigenvalue weighted by atomic mass is 10.1. The number of amides is 1. The van der Waals surface area contributed by atoms with E-state index in [0.29, 0.717) is 5.92 Å². The molecule has 1 saturated carbocycles. The number of hydrogen-bond acceptors (Lipinski definition) is 3. The standard InChI is InChI=1S/C6H11N3O.ClH/c7-6(10)3-5(9-8)4-1-2-4;/h4-5,8H,1-3H2,(H2,7,10);1H. The SMILES string of the molecule is Cl.N=NC(CC(N)=O)C1CC1. The molecule has 0 saturated heterocycles. The van der Waals surface area contributed by atoms with E-state index in [1.165, 1.54) is 0 Å². The number of nitrogens with zero attached hydrogens (tertiary/aromatic N) is 1. The molecular formula is C6H12ClN3O. The van der Waals surface area contributed by atoms with Crippen molar-refractivity contribution in [2.75, 3.05) is 0 Å². The first-order valence-corrected chi connectivity index (χ1v) is 3.39. The van der Waals surface area contributed by atoms with E-state index in [9.17, 15) is 4.79 Å². The Hall–Kier alpha value is -0.640. The Bertz CT molecular complexity index is 158. The molecule has 64 valence electrons. The molecule has 0 aromatic heterocycles. The van der Waals surface area contributed by atoms with Crippen LogP contribution in [-0.4, -0.2) is 11.9 Å². The molecule has 0 heterocycles. The van der Waals surface area contributed by atoms with E-state index in [4.69, 9.17) is 11.3 Å². The van der Waals surface area contributed by atoms with E-state index in [1.807, 2.05) is 0 Å². The van der Waals surface area contributed by atoms with Crippen molar-refractivity contribution in [2.24, 2.45) is 16.8 Å². The predicted molar refractivity (Wildman–Crippen MR) is 42.7 cm³/mol. The summed E-state index contributed by atoms with van der Waals surface area (Å²) in [5, 5.41) is 3.34. The molecule has 1 aliphatic rings. The molecule has 0 bridgehead atoms. The third kappa shape index (κ3) is 3.32. The summed E-state index contributed by atoms with van der Waals surface area (Å²) >= 11 is 0. The van der Waals surface area contributed by atoms with E-state index >= 15 is 0 Å². The maximum absolute atomic E-state index is 10.4. The highest BCUT2D eigenvalue weighted by molar-refractivity contribution is 5.85. The normalized spacial score (nSPS) is 18.2. The Morgan fingerprint density at radius 2 is 2.27 bits per heavy atom. The first-order chi connectivity index (χ1) is 4.74. The second-order valence-electron chi connectivity index (χ2n) is 2.70. The molecule has 1 aliphatic carbocycles. The lowest BCUT2D eigenvalue weighted by molar-refractivity contribution is -0.118. The molecule has 1 amide bonds. The van der Waals surface area contributed by atoms with Crippen molar-refractivity contribution in [1.82, 2.24) is 0 Å². The summed E-state index contributed by atoms with van der Waals surface area (Å²) in [7, 11) is 0. The van der Waals surface area contributed by atoms with Crippen molar-refractivity contribution in [3.05, 3.63) is 0 Å². The van der Waals surface area contributed by atoms with E-state index in [2.05, 4.69) is 5.11 Å². The van der Waals surface area contributed by atoms with Gasteiger partial charge in [0.25, 0.3) is 0 Å². The lowest BCUT2D eigenvalue weighted by Gasteiger charge is -2.03. The van der Waals surface area contributed by atoms with Gasteiger partial charge in [-0.2, -0.15) is 5.11 Å². The molecule has 0 spiro atoms. The van der Waals surface area contributed by atoms with Crippen LogP contribution in [-0.2, 0) is 4.79 Å². The van der Waals surface area contributed by atoms with Crippen molar-refractivity contribution in [3.8, 4) is 0 Å². The summed E-state index contributed by atoms with van der Waals surface area (Å²) in [6, 6.07) is -0.127. The minimum absolute atomic E-state index is 0. The molecule has 3 N–H and O–H groups in total. The highest BCUT2D eigenvalue weighted by Crippen LogP contribution is 2.35. The van der Waals surface area contributed by atoms with Crippen LogP contribution in [0.15, 0.2) is 5.11 Å². The maximum atomic E-state index is 10.4. The van der Waals surface area contributed by atoms with E-state index in [1.54, 1.807) is 0 Å². The number of nitrogens with two attached hydrogens (primary N) is 1. The molecule has 0 aromatic rings. The Kier molecular flexibility index (Phi) is 4.03. The van der Waals surface area contributed by atoms with Crippen LogP contribution in [0.3, 0.4) is 0 Å². The average Bonchev–Trinajstić information content (AvgIpc) is 2.63. The van der Waals surface area contributed by atoms with Crippen molar-refractivity contribution in [1.29, 1.82) is 5.53 Å². The number of primary amides is 1. The zero-order valence-corrected chi connectivity index (χ0v) is 6.93. The molecule has 1 atom stereocenters. The van der Waals surface area contributed by atoms with Gasteiger partial charge in [-0.25, -0.2) is 5.53 Å². The Balaban J connectivity index is 0.000001000. The zero-order valence-electron chi connectivity index (χ0n) is 6.12. The molecule has 0 aromatic carbocycles. The van der Waals surface area contributed by atoms with Gasteiger partial charge >= 0.3 is 0 Å². The van der Waals surface area contributed by atoms with Gasteiger partial charge in [-0.15, -0.1) is 12.4 Å². The van der Waals surface area contributed by atoms with Crippen LogP contribution in [0.1, 0.15) is 19.3 Å². The summed E-state index contributed by atoms with van der Waals surface area (Å²) in [5.74, 6) is 0.109. The molecule has 4 nitrogen and oxygen atoms in total. The fourth-order valence-electron chi connectivity index (χ4n) is 1.00. The molecule has 0 aliphatic heterocycles. The predicted octanol–water partition coefficient (Wildman–Crippen LogP) is 1.09. The topological polar surface area (TPSA) is 79.3 Å². The number of carbonyl (C=O) groups excluding carboxylic acids is 1. The van der Waals surface area contributed by atoms with Gasteiger partial charge in [-0.1, -0.05) is 0 Å². The number of nitrogens with one attached hydrogen (secondary N) is 1. The van der Waals surface area contributed by atoms with Crippen LogP contribution in [0.5, 0.6) is 0 Å². The Morgan fingerprint density at radius 3 is 2.55 bits per heavy atom. The summed E-state index contributed by atoms with van der Waals surface area (Å²) in [6.07, 6.45) is 2.44. The number of hydrogen-bond donors (Lipinski definition) is 2. The van der Waals surface area contributed by atoms with Crippen molar-refractivity contribution in [2.45, 2.75) is 25.3 Å². The smallest absolute Gasteiger partial charge is 0.219 e. The molecule has 1 rings (SSSR count). The van der Waals surface area contributed by atoms with Crippen LogP contribution in [0.2, 0.25) is 0 Å². The highest BCUT2D eigenvalue weighted by Gasteiger charge is 2.31. The first kappa shape index (κ1) is 10.4. The minimum atomic E-state index is -0.354. The van der Waals surface area contributed by atoms with Crippen LogP contribution in [0, 0.1) is 11.4 Å². The van der Waals surface area contributed by atoms with Crippen molar-refractivity contribution >= 4 is 18.3 Å². The molecular weight excluding hydrogens is 166 g/mol. The van der Waals surface area contributed by atoms with Gasteiger partial charge in [0.2, 0.25) is 5.91 Å². The van der Waals surface area contributed by atoms with Gasteiger partial charge in [0, 0.05) is 0 Å². The van der Waals surface area contributed by atoms with Crippen molar-refractivity contribution < 1.29 is 4.79 Å².